The summed E-state index contributed by atoms with van der Waals surface area (Å²) in [5.74, 6) is -0.666. The lowest BCUT2D eigenvalue weighted by Crippen LogP contribution is -2.31. The Kier molecular flexibility index (Phi) is 3.81. The molecule has 0 fully saturated rings. The first kappa shape index (κ1) is 14.3. The second-order valence-electron chi connectivity index (χ2n) is 4.98. The van der Waals surface area contributed by atoms with Gasteiger partial charge in [0, 0.05) is 16.6 Å². The maximum Gasteiger partial charge on any atom is 0.285 e. The Morgan fingerprint density at radius 2 is 2.10 bits per heavy atom. The first-order valence-corrected chi connectivity index (χ1v) is 9.16. The van der Waals surface area contributed by atoms with Crippen molar-refractivity contribution in [2.24, 2.45) is 0 Å². The van der Waals surface area contributed by atoms with Gasteiger partial charge >= 0.3 is 0 Å². The molecular weight excluding hydrogens is 310 g/mol. The van der Waals surface area contributed by atoms with Crippen LogP contribution in [0.5, 0.6) is 0 Å². The number of carbonyl (C=O) groups excluding carboxylic acids is 1. The quantitative estimate of drug-likeness (QED) is 0.843. The van der Waals surface area contributed by atoms with Crippen LogP contribution in [-0.4, -0.2) is 24.5 Å². The number of nitrogens with one attached hydrogen (secondary N) is 2. The van der Waals surface area contributed by atoms with Gasteiger partial charge in [-0.3, -0.25) is 9.89 Å². The van der Waals surface area contributed by atoms with Gasteiger partial charge in [-0.05, 0) is 37.1 Å². The summed E-state index contributed by atoms with van der Waals surface area (Å²) in [5, 5.41) is 10.0. The van der Waals surface area contributed by atoms with Crippen molar-refractivity contribution < 1.29 is 13.2 Å². The second-order valence-corrected chi connectivity index (χ2v) is 7.45. The number of aromatic amines is 1. The number of hydrogen-bond acceptors (Lipinski definition) is 5. The van der Waals surface area contributed by atoms with Crippen LogP contribution in [0.15, 0.2) is 21.7 Å². The lowest BCUT2D eigenvalue weighted by molar-refractivity contribution is 0.0975. The monoisotopic (exact) mass is 325 g/mol. The summed E-state index contributed by atoms with van der Waals surface area (Å²) < 4.78 is 26.2. The second kappa shape index (κ2) is 5.61. The van der Waals surface area contributed by atoms with E-state index in [0.717, 1.165) is 43.4 Å². The fourth-order valence-corrected chi connectivity index (χ4v) is 4.46. The lowest BCUT2D eigenvalue weighted by atomic mass is 10.1. The first-order chi connectivity index (χ1) is 10.1. The molecule has 1 aliphatic rings. The van der Waals surface area contributed by atoms with Crippen LogP contribution in [0.25, 0.3) is 0 Å². The molecule has 1 aliphatic carbocycles. The van der Waals surface area contributed by atoms with Crippen molar-refractivity contribution in [3.63, 3.8) is 0 Å². The normalized spacial score (nSPS) is 15.2. The average molecular weight is 325 g/mol. The maximum atomic E-state index is 12.2. The van der Waals surface area contributed by atoms with Gasteiger partial charge in [0.2, 0.25) is 0 Å². The van der Waals surface area contributed by atoms with Crippen molar-refractivity contribution >= 4 is 27.3 Å². The molecule has 0 saturated carbocycles. The summed E-state index contributed by atoms with van der Waals surface area (Å²) in [7, 11) is -3.82. The van der Waals surface area contributed by atoms with E-state index in [2.05, 4.69) is 14.9 Å². The van der Waals surface area contributed by atoms with Crippen LogP contribution in [0.1, 0.15) is 41.0 Å². The van der Waals surface area contributed by atoms with Crippen molar-refractivity contribution in [1.29, 1.82) is 0 Å². The van der Waals surface area contributed by atoms with E-state index in [-0.39, 0.29) is 10.6 Å². The molecule has 0 radical (unpaired) electrons. The van der Waals surface area contributed by atoms with E-state index >= 15 is 0 Å². The van der Waals surface area contributed by atoms with Crippen LogP contribution in [-0.2, 0) is 22.9 Å². The number of fused-ring (bicyclic) bond motifs is 1. The van der Waals surface area contributed by atoms with E-state index in [1.54, 1.807) is 5.38 Å². The number of thiophene rings is 1. The highest BCUT2D eigenvalue weighted by molar-refractivity contribution is 7.90. The molecule has 8 heteroatoms. The highest BCUT2D eigenvalue weighted by atomic mass is 32.2. The molecule has 2 aromatic rings. The number of H-pyrrole nitrogens is 1. The smallest absolute Gasteiger partial charge is 0.281 e. The molecule has 0 aromatic carbocycles. The molecular formula is C13H15N3O3S2. The fraction of sp³-hybridized carbons (Fsp3) is 0.385. The number of amides is 1. The lowest BCUT2D eigenvalue weighted by Gasteiger charge is -2.05. The summed E-state index contributed by atoms with van der Waals surface area (Å²) in [6.45, 7) is 0. The number of sulfonamides is 1. The van der Waals surface area contributed by atoms with Crippen LogP contribution in [0.2, 0.25) is 0 Å². The zero-order valence-corrected chi connectivity index (χ0v) is 12.9. The minimum Gasteiger partial charge on any atom is -0.281 e. The molecule has 3 rings (SSSR count). The molecule has 2 heterocycles. The third kappa shape index (κ3) is 2.86. The third-order valence-corrected chi connectivity index (χ3v) is 5.71. The number of hydrogen-bond donors (Lipinski definition) is 2. The Morgan fingerprint density at radius 3 is 2.86 bits per heavy atom. The molecule has 0 aliphatic heterocycles. The van der Waals surface area contributed by atoms with Crippen LogP contribution < -0.4 is 4.72 Å². The number of rotatable bonds is 3. The largest absolute Gasteiger partial charge is 0.285 e. The van der Waals surface area contributed by atoms with Gasteiger partial charge in [-0.25, -0.2) is 13.1 Å². The molecule has 1 amide bonds. The van der Waals surface area contributed by atoms with E-state index < -0.39 is 15.9 Å². The molecule has 2 aromatic heterocycles. The highest BCUT2D eigenvalue weighted by Crippen LogP contribution is 2.22. The van der Waals surface area contributed by atoms with E-state index in [1.165, 1.54) is 22.8 Å². The number of aryl methyl sites for hydroxylation is 1. The molecule has 112 valence electrons. The SMILES string of the molecule is O=C(NS(=O)(=O)c1ccsc1)c1n[nH]c2c1CCCCC2. The van der Waals surface area contributed by atoms with E-state index in [9.17, 15) is 13.2 Å². The van der Waals surface area contributed by atoms with Crippen molar-refractivity contribution in [2.75, 3.05) is 0 Å². The van der Waals surface area contributed by atoms with Gasteiger partial charge in [-0.15, -0.1) is 0 Å². The van der Waals surface area contributed by atoms with Gasteiger partial charge in [0.05, 0.1) is 4.90 Å². The summed E-state index contributed by atoms with van der Waals surface area (Å²) in [5.41, 5.74) is 2.00. The van der Waals surface area contributed by atoms with Gasteiger partial charge in [-0.1, -0.05) is 6.42 Å². The summed E-state index contributed by atoms with van der Waals surface area (Å²) in [6.07, 6.45) is 4.77. The summed E-state index contributed by atoms with van der Waals surface area (Å²) in [4.78, 5) is 12.3. The van der Waals surface area contributed by atoms with Crippen molar-refractivity contribution in [3.05, 3.63) is 33.8 Å². The number of nitrogens with zero attached hydrogens (tertiary/aromatic N) is 1. The Balaban J connectivity index is 1.85. The van der Waals surface area contributed by atoms with Crippen molar-refractivity contribution in [3.8, 4) is 0 Å². The van der Waals surface area contributed by atoms with Crippen molar-refractivity contribution in [2.45, 2.75) is 37.0 Å². The molecule has 0 saturated heterocycles. The molecule has 0 bridgehead atoms. The highest BCUT2D eigenvalue weighted by Gasteiger charge is 2.25. The van der Waals surface area contributed by atoms with Crippen LogP contribution in [0.3, 0.4) is 0 Å². The summed E-state index contributed by atoms with van der Waals surface area (Å²) in [6, 6.07) is 1.46. The molecule has 0 atom stereocenters. The average Bonchev–Trinajstić information content (AvgIpc) is 3.05. The van der Waals surface area contributed by atoms with Gasteiger partial charge in [0.15, 0.2) is 5.69 Å². The molecule has 21 heavy (non-hydrogen) atoms. The Morgan fingerprint density at radius 1 is 1.29 bits per heavy atom. The predicted molar refractivity (Wildman–Crippen MR) is 78.8 cm³/mol. The maximum absolute atomic E-state index is 12.2. The Bertz CT molecular complexity index is 748. The third-order valence-electron chi connectivity index (χ3n) is 3.55. The molecule has 0 unspecified atom stereocenters. The van der Waals surface area contributed by atoms with Crippen LogP contribution in [0.4, 0.5) is 0 Å². The number of carbonyl (C=O) groups is 1. The standard InChI is InChI=1S/C13H15N3O3S2/c17-13(16-21(18,19)9-6-7-20-8-9)12-10-4-2-1-3-5-11(10)14-15-12/h6-8H,1-5H2,(H,14,15)(H,16,17). The van der Waals surface area contributed by atoms with Crippen molar-refractivity contribution in [1.82, 2.24) is 14.9 Å². The molecule has 2 N–H and O–H groups in total. The van der Waals surface area contributed by atoms with E-state index in [1.807, 2.05) is 0 Å². The zero-order valence-electron chi connectivity index (χ0n) is 11.3. The van der Waals surface area contributed by atoms with E-state index in [4.69, 9.17) is 0 Å². The Labute approximate surface area is 126 Å². The Hall–Kier alpha value is -1.67. The van der Waals surface area contributed by atoms with Gasteiger partial charge in [0.1, 0.15) is 0 Å². The molecule has 6 nitrogen and oxygen atoms in total. The van der Waals surface area contributed by atoms with Crippen LogP contribution in [0, 0.1) is 0 Å². The first-order valence-electron chi connectivity index (χ1n) is 6.73. The fourth-order valence-electron chi connectivity index (χ4n) is 2.48. The van der Waals surface area contributed by atoms with E-state index in [0.29, 0.717) is 0 Å². The molecule has 0 spiro atoms. The zero-order chi connectivity index (χ0) is 14.9. The van der Waals surface area contributed by atoms with Gasteiger partial charge < -0.3 is 0 Å². The topological polar surface area (TPSA) is 91.9 Å². The predicted octanol–water partition coefficient (Wildman–Crippen LogP) is 1.86. The minimum absolute atomic E-state index is 0.0995. The minimum atomic E-state index is -3.82. The van der Waals surface area contributed by atoms with Crippen LogP contribution >= 0.6 is 11.3 Å². The van der Waals surface area contributed by atoms with Gasteiger partial charge in [-0.2, -0.15) is 16.4 Å². The van der Waals surface area contributed by atoms with Gasteiger partial charge in [0.25, 0.3) is 15.9 Å². The number of aromatic nitrogens is 2. The summed E-state index contributed by atoms with van der Waals surface area (Å²) >= 11 is 1.26.